The zero-order chi connectivity index (χ0) is 19.1. The van der Waals surface area contributed by atoms with Crippen molar-refractivity contribution in [2.45, 2.75) is 19.3 Å². The predicted molar refractivity (Wildman–Crippen MR) is 108 cm³/mol. The van der Waals surface area contributed by atoms with Gasteiger partial charge in [0.15, 0.2) is 0 Å². The van der Waals surface area contributed by atoms with E-state index in [0.717, 1.165) is 28.4 Å². The zero-order valence-electron chi connectivity index (χ0n) is 15.6. The number of aromatic nitrogens is 2. The van der Waals surface area contributed by atoms with Crippen molar-refractivity contribution in [3.8, 4) is 16.3 Å². The largest absolute Gasteiger partial charge is 0.497 e. The molecule has 0 aliphatic rings. The summed E-state index contributed by atoms with van der Waals surface area (Å²) in [5.41, 5.74) is 3.16. The van der Waals surface area contributed by atoms with Gasteiger partial charge in [-0.1, -0.05) is 12.1 Å². The lowest BCUT2D eigenvalue weighted by Crippen LogP contribution is -2.29. The maximum Gasteiger partial charge on any atom is 0.222 e. The van der Waals surface area contributed by atoms with Gasteiger partial charge in [-0.15, -0.1) is 11.3 Å². The molecule has 3 rings (SSSR count). The van der Waals surface area contributed by atoms with E-state index in [2.05, 4.69) is 9.97 Å². The molecule has 0 saturated heterocycles. The van der Waals surface area contributed by atoms with Crippen molar-refractivity contribution in [2.24, 2.45) is 0 Å². The van der Waals surface area contributed by atoms with Crippen molar-refractivity contribution in [1.29, 1.82) is 0 Å². The summed E-state index contributed by atoms with van der Waals surface area (Å²) in [6.07, 6.45) is 5.51. The number of thiazole rings is 1. The van der Waals surface area contributed by atoms with E-state index in [0.29, 0.717) is 19.4 Å². The van der Waals surface area contributed by atoms with E-state index in [1.54, 1.807) is 35.7 Å². The summed E-state index contributed by atoms with van der Waals surface area (Å²) in [4.78, 5) is 22.9. The Morgan fingerprint density at radius 1 is 1.19 bits per heavy atom. The maximum absolute atomic E-state index is 12.4. The minimum absolute atomic E-state index is 0.138. The van der Waals surface area contributed by atoms with E-state index in [-0.39, 0.29) is 5.91 Å². The second-order valence-corrected chi connectivity index (χ2v) is 7.16. The third kappa shape index (κ3) is 5.37. The normalized spacial score (nSPS) is 10.6. The van der Waals surface area contributed by atoms with Crippen molar-refractivity contribution in [3.05, 3.63) is 65.4 Å². The van der Waals surface area contributed by atoms with Gasteiger partial charge in [-0.25, -0.2) is 4.98 Å². The van der Waals surface area contributed by atoms with Gasteiger partial charge in [-0.05, 0) is 42.7 Å². The summed E-state index contributed by atoms with van der Waals surface area (Å²) in [7, 11) is 3.51. The average Bonchev–Trinajstić information content (AvgIpc) is 3.20. The van der Waals surface area contributed by atoms with Crippen LogP contribution in [0.15, 0.2) is 54.2 Å². The molecule has 5 nitrogen and oxygen atoms in total. The molecule has 2 heterocycles. The first-order valence-electron chi connectivity index (χ1n) is 8.87. The highest BCUT2D eigenvalue weighted by atomic mass is 32.1. The van der Waals surface area contributed by atoms with Crippen LogP contribution in [0.3, 0.4) is 0 Å². The molecule has 0 unspecified atom stereocenters. The van der Waals surface area contributed by atoms with Gasteiger partial charge in [0, 0.05) is 43.4 Å². The number of methoxy groups -OCH3 is 1. The average molecular weight is 382 g/mol. The molecule has 0 radical (unpaired) electrons. The smallest absolute Gasteiger partial charge is 0.222 e. The molecule has 0 atom stereocenters. The number of benzene rings is 1. The Morgan fingerprint density at radius 3 is 2.70 bits per heavy atom. The number of rotatable bonds is 8. The van der Waals surface area contributed by atoms with Crippen molar-refractivity contribution in [2.75, 3.05) is 20.7 Å². The molecule has 0 aliphatic carbocycles. The number of carbonyl (C=O) groups excluding carboxylic acids is 1. The van der Waals surface area contributed by atoms with Crippen LogP contribution in [0, 0.1) is 0 Å². The van der Waals surface area contributed by atoms with Crippen LogP contribution in [0.25, 0.3) is 10.6 Å². The SMILES string of the molecule is COc1ccc(CCN(C)C(=O)CCc2csc(-c3cccnc3)n2)cc1. The number of likely N-dealkylation sites (N-methyl/N-ethyl adjacent to an activating group) is 1. The molecule has 6 heteroatoms. The van der Waals surface area contributed by atoms with Gasteiger partial charge >= 0.3 is 0 Å². The highest BCUT2D eigenvalue weighted by Gasteiger charge is 2.11. The van der Waals surface area contributed by atoms with Gasteiger partial charge in [0.05, 0.1) is 12.8 Å². The zero-order valence-corrected chi connectivity index (χ0v) is 16.4. The van der Waals surface area contributed by atoms with Gasteiger partial charge in [-0.2, -0.15) is 0 Å². The number of hydrogen-bond acceptors (Lipinski definition) is 5. The van der Waals surface area contributed by atoms with Crippen LogP contribution in [0.2, 0.25) is 0 Å². The lowest BCUT2D eigenvalue weighted by molar-refractivity contribution is -0.129. The quantitative estimate of drug-likeness (QED) is 0.595. The van der Waals surface area contributed by atoms with Gasteiger partial charge in [-0.3, -0.25) is 9.78 Å². The molecular formula is C21H23N3O2S. The van der Waals surface area contributed by atoms with E-state index in [4.69, 9.17) is 4.74 Å². The summed E-state index contributed by atoms with van der Waals surface area (Å²) in [5.74, 6) is 0.983. The fourth-order valence-corrected chi connectivity index (χ4v) is 3.53. The lowest BCUT2D eigenvalue weighted by atomic mass is 10.1. The molecule has 0 bridgehead atoms. The number of hydrogen-bond donors (Lipinski definition) is 0. The Kier molecular flexibility index (Phi) is 6.54. The minimum Gasteiger partial charge on any atom is -0.497 e. The Balaban J connectivity index is 1.46. The first-order chi connectivity index (χ1) is 13.2. The summed E-state index contributed by atoms with van der Waals surface area (Å²) in [5, 5.41) is 2.96. The molecule has 2 aromatic heterocycles. The lowest BCUT2D eigenvalue weighted by Gasteiger charge is -2.17. The summed E-state index contributed by atoms with van der Waals surface area (Å²) < 4.78 is 5.16. The summed E-state index contributed by atoms with van der Waals surface area (Å²) in [6, 6.07) is 11.8. The van der Waals surface area contributed by atoms with E-state index < -0.39 is 0 Å². The van der Waals surface area contributed by atoms with Crippen molar-refractivity contribution in [3.63, 3.8) is 0 Å². The Hall–Kier alpha value is -2.73. The second-order valence-electron chi connectivity index (χ2n) is 6.30. The maximum atomic E-state index is 12.4. The Labute approximate surface area is 163 Å². The molecule has 0 aliphatic heterocycles. The first kappa shape index (κ1) is 19.0. The first-order valence-corrected chi connectivity index (χ1v) is 9.75. The molecule has 140 valence electrons. The van der Waals surface area contributed by atoms with Crippen LogP contribution >= 0.6 is 11.3 Å². The van der Waals surface area contributed by atoms with E-state index in [1.807, 2.05) is 48.8 Å². The Morgan fingerprint density at radius 2 is 2.00 bits per heavy atom. The van der Waals surface area contributed by atoms with Crippen molar-refractivity contribution < 1.29 is 9.53 Å². The number of aryl methyl sites for hydroxylation is 1. The third-order valence-corrected chi connectivity index (χ3v) is 5.32. The molecule has 0 spiro atoms. The monoisotopic (exact) mass is 381 g/mol. The fraction of sp³-hybridized carbons (Fsp3) is 0.286. The number of pyridine rings is 1. The molecule has 27 heavy (non-hydrogen) atoms. The van der Waals surface area contributed by atoms with Crippen molar-refractivity contribution >= 4 is 17.2 Å². The predicted octanol–water partition coefficient (Wildman–Crippen LogP) is 3.85. The molecule has 0 fully saturated rings. The van der Waals surface area contributed by atoms with Crippen LogP contribution in [0.5, 0.6) is 5.75 Å². The standard InChI is InChI=1S/C21H23N3O2S/c1-24(13-11-16-5-8-19(26-2)9-6-16)20(25)10-7-18-15-27-21(23-18)17-4-3-12-22-14-17/h3-6,8-9,12,14-15H,7,10-11,13H2,1-2H3. The molecular weight excluding hydrogens is 358 g/mol. The number of amides is 1. The topological polar surface area (TPSA) is 55.3 Å². The third-order valence-electron chi connectivity index (χ3n) is 4.38. The van der Waals surface area contributed by atoms with Crippen LogP contribution in [0.4, 0.5) is 0 Å². The van der Waals surface area contributed by atoms with Gasteiger partial charge in [0.2, 0.25) is 5.91 Å². The number of carbonyl (C=O) groups is 1. The molecule has 3 aromatic rings. The minimum atomic E-state index is 0.138. The fourth-order valence-electron chi connectivity index (χ4n) is 2.68. The van der Waals surface area contributed by atoms with Crippen LogP contribution in [-0.4, -0.2) is 41.5 Å². The second kappa shape index (κ2) is 9.28. The van der Waals surface area contributed by atoms with Crippen LogP contribution in [0.1, 0.15) is 17.7 Å². The molecule has 1 amide bonds. The van der Waals surface area contributed by atoms with Crippen LogP contribution < -0.4 is 4.74 Å². The summed E-state index contributed by atoms with van der Waals surface area (Å²) in [6.45, 7) is 0.698. The van der Waals surface area contributed by atoms with E-state index in [9.17, 15) is 4.79 Å². The van der Waals surface area contributed by atoms with E-state index >= 15 is 0 Å². The summed E-state index contributed by atoms with van der Waals surface area (Å²) >= 11 is 1.59. The van der Waals surface area contributed by atoms with Gasteiger partial charge in [0.25, 0.3) is 0 Å². The van der Waals surface area contributed by atoms with Gasteiger partial charge < -0.3 is 9.64 Å². The highest BCUT2D eigenvalue weighted by molar-refractivity contribution is 7.13. The van der Waals surface area contributed by atoms with Gasteiger partial charge in [0.1, 0.15) is 10.8 Å². The molecule has 0 saturated carbocycles. The molecule has 1 aromatic carbocycles. The highest BCUT2D eigenvalue weighted by Crippen LogP contribution is 2.23. The number of nitrogens with zero attached hydrogens (tertiary/aromatic N) is 3. The van der Waals surface area contributed by atoms with Crippen LogP contribution in [-0.2, 0) is 17.6 Å². The van der Waals surface area contributed by atoms with Crippen molar-refractivity contribution in [1.82, 2.24) is 14.9 Å². The van der Waals surface area contributed by atoms with E-state index in [1.165, 1.54) is 5.56 Å². The molecule has 0 N–H and O–H groups in total. The Bertz CT molecular complexity index is 863. The number of ether oxygens (including phenoxy) is 1.